The van der Waals surface area contributed by atoms with Crippen molar-refractivity contribution in [2.24, 2.45) is 56.2 Å². The second-order valence-corrected chi connectivity index (χ2v) is 43.0. The van der Waals surface area contributed by atoms with Gasteiger partial charge in [-0.25, -0.2) is 39.9 Å². The fraction of sp³-hybridized carbons (Fsp3) is 0.694. The summed E-state index contributed by atoms with van der Waals surface area (Å²) in [7, 11) is 12.2. The average molecular weight is 1910 g/mol. The highest BCUT2D eigenvalue weighted by molar-refractivity contribution is 6.13. The summed E-state index contributed by atoms with van der Waals surface area (Å²) in [6, 6.07) is 0. The molecule has 4 aliphatic heterocycles. The lowest BCUT2D eigenvalue weighted by Gasteiger charge is -2.31. The summed E-state index contributed by atoms with van der Waals surface area (Å²) in [5, 5.41) is 56.9. The van der Waals surface area contributed by atoms with Gasteiger partial charge in [0.05, 0.1) is 48.0 Å². The Labute approximate surface area is 798 Å². The highest BCUT2D eigenvalue weighted by Crippen LogP contribution is 2.45. The van der Waals surface area contributed by atoms with E-state index in [1.165, 1.54) is 74.7 Å². The number of aromatic nitrogens is 12. The van der Waals surface area contributed by atoms with E-state index in [9.17, 15) is 49.2 Å². The van der Waals surface area contributed by atoms with Crippen molar-refractivity contribution in [3.05, 3.63) is 72.4 Å². The van der Waals surface area contributed by atoms with Gasteiger partial charge in [-0.15, -0.1) is 0 Å². The zero-order chi connectivity index (χ0) is 101. The van der Waals surface area contributed by atoms with Crippen molar-refractivity contribution in [1.82, 2.24) is 58.1 Å². The standard InChI is InChI=1S/C26H40N4O6.C25H40N4O5.C24H36N4O6.C23H36N4O5/c1-14(2)9-16(10-26(4,5)6)24(33)29-22-19-17(15(3)31)11-30(23(19)28-13-27-22)25-21(35-8)20(32)18(36-25)12-34-7;1-9-14(2)16(10-25(4,5)6)23(31)28-21-18-15(3)11-29(22(18)27-13-26-21)24-20(33-8)19(30)17(34-24)12-32-7;1-13(29)14-9-28(21-18(33-8)17(30)15(34-21)10-32-7)20-16(14)19(25-12-26-20)27-22(31)24(5,6)11-23(2,3)4;1-13-9-27(20-17(31-8)16(28)14(32-20)10-30-7)19-15(13)18(24-12-25-19)26-21(29)23(5,6)11-22(2,3)4/h11,13-14,16,18,20-21,25,32H,9-10,12H2,1-8H3,(H,27,28,29,33);11,13-14,16-17,19-20,24,30H,9-10,12H2,1-8H3,(H,26,27,28,31);9,12,15,17-18,21,30H,10-11H2,1-8H3,(H,25,26,27,31);9,12,14,16-17,20,28H,10-11H2,1-8H3,(H,24,25,26,29)/t16?,18-,20?,21+,25-;14?,16?,17-,19?,20+,24-;15-,17?,18+,21-;14-,16?,17+,20-/m1111/s1. The minimum atomic E-state index is -0.938. The van der Waals surface area contributed by atoms with E-state index in [2.05, 4.69) is 172 Å². The van der Waals surface area contributed by atoms with Crippen molar-refractivity contribution in [3.63, 3.8) is 0 Å². The molecule has 38 nitrogen and oxygen atoms in total. The molecular formula is C98H152N16O22. The van der Waals surface area contributed by atoms with E-state index < -0.39 is 109 Å². The van der Waals surface area contributed by atoms with Gasteiger partial charge < -0.3 is 117 Å². The molecule has 0 aliphatic carbocycles. The van der Waals surface area contributed by atoms with Gasteiger partial charge in [-0.2, -0.15) is 0 Å². The molecule has 4 amide bonds. The summed E-state index contributed by atoms with van der Waals surface area (Å²) in [5.74, 6) is 0.833. The van der Waals surface area contributed by atoms with Crippen molar-refractivity contribution < 1.29 is 106 Å². The summed E-state index contributed by atoms with van der Waals surface area (Å²) >= 11 is 0. The zero-order valence-electron chi connectivity index (χ0n) is 85.7. The Bertz CT molecular complexity index is 5390. The SMILES string of the molecule is CCC(C)C(CC(C)(C)C)C(=O)Nc1ncnc2c1c(C)cn2[C@@H]1O[C@H](COC)C(O)[C@@H]1OC.COC[C@H]1O[C@@H](n2cc(C(C)=O)c3c(NC(=O)C(C)(C)CC(C)(C)C)ncnc32)[C@@H](OC)C1O.COC[C@H]1O[C@@H](n2cc(C(C)=O)c3c(NC(=O)C(CC(C)C)CC(C)(C)C)ncnc32)[C@@H](OC)C1O.COC[C@H]1O[C@@H](n2cc(C)c3c(NC(=O)C(C)(C)CC(C)(C)C)ncnc32)[C@@H](OC)C1O. The number of nitrogens with one attached hydrogen (secondary N) is 4. The Hall–Kier alpha value is -8.94. The molecule has 4 saturated heterocycles. The summed E-state index contributed by atoms with van der Waals surface area (Å²) in [4.78, 5) is 113. The van der Waals surface area contributed by atoms with Gasteiger partial charge in [0.25, 0.3) is 0 Å². The van der Waals surface area contributed by atoms with E-state index in [1.807, 2.05) is 63.1 Å². The molecule has 0 aromatic carbocycles. The molecule has 38 heteroatoms. The number of aliphatic hydroxyl groups is 4. The second kappa shape index (κ2) is 46.0. The molecule has 8 aromatic heterocycles. The molecule has 8 N–H and O–H groups in total. The normalized spacial score (nSPS) is 24.0. The van der Waals surface area contributed by atoms with Gasteiger partial charge in [0.1, 0.15) is 144 Å². The van der Waals surface area contributed by atoms with E-state index in [1.54, 1.807) is 42.9 Å². The molecule has 756 valence electrons. The Morgan fingerprint density at radius 3 is 0.949 bits per heavy atom. The number of ketones is 2. The Kier molecular flexibility index (Phi) is 37.4. The lowest BCUT2D eigenvalue weighted by Crippen LogP contribution is -2.35. The van der Waals surface area contributed by atoms with Gasteiger partial charge in [-0.1, -0.05) is 145 Å². The van der Waals surface area contributed by atoms with Crippen molar-refractivity contribution in [2.45, 2.75) is 303 Å². The van der Waals surface area contributed by atoms with Crippen molar-refractivity contribution >= 4 is 103 Å². The number of nitrogens with zero attached hydrogens (tertiary/aromatic N) is 12. The first kappa shape index (κ1) is 111. The van der Waals surface area contributed by atoms with Gasteiger partial charge in [0.2, 0.25) is 23.6 Å². The number of carbonyl (C=O) groups excluding carboxylic acids is 6. The van der Waals surface area contributed by atoms with Crippen LogP contribution in [0.2, 0.25) is 0 Å². The number of methoxy groups -OCH3 is 8. The predicted molar refractivity (Wildman–Crippen MR) is 514 cm³/mol. The second-order valence-electron chi connectivity index (χ2n) is 43.0. The lowest BCUT2D eigenvalue weighted by atomic mass is 9.75. The Morgan fingerprint density at radius 2 is 0.676 bits per heavy atom. The van der Waals surface area contributed by atoms with Crippen LogP contribution in [-0.4, -0.2) is 270 Å². The molecule has 8 aromatic rings. The molecule has 12 heterocycles. The van der Waals surface area contributed by atoms with Crippen LogP contribution < -0.4 is 21.3 Å². The number of fused-ring (bicyclic) bond motifs is 4. The molecule has 12 rings (SSSR count). The van der Waals surface area contributed by atoms with Crippen LogP contribution in [-0.2, 0) is 76.0 Å². The highest BCUT2D eigenvalue weighted by atomic mass is 16.6. The van der Waals surface area contributed by atoms with Gasteiger partial charge in [0, 0.05) is 115 Å². The Morgan fingerprint density at radius 1 is 0.397 bits per heavy atom. The highest BCUT2D eigenvalue weighted by Gasteiger charge is 2.51. The van der Waals surface area contributed by atoms with Crippen LogP contribution in [0.4, 0.5) is 23.3 Å². The van der Waals surface area contributed by atoms with Crippen LogP contribution in [0.1, 0.15) is 248 Å². The minimum Gasteiger partial charge on any atom is -0.387 e. The number of carbonyl (C=O) groups is 6. The fourth-order valence-corrected chi connectivity index (χ4v) is 19.3. The van der Waals surface area contributed by atoms with Gasteiger partial charge in [-0.05, 0) is 104 Å². The third-order valence-corrected chi connectivity index (χ3v) is 24.9. The maximum atomic E-state index is 13.4. The monoisotopic (exact) mass is 1910 g/mol. The van der Waals surface area contributed by atoms with E-state index in [-0.39, 0.29) is 113 Å². The summed E-state index contributed by atoms with van der Waals surface area (Å²) < 4.78 is 74.1. The molecule has 0 radical (unpaired) electrons. The lowest BCUT2D eigenvalue weighted by molar-refractivity contribution is -0.126. The predicted octanol–water partition coefficient (Wildman–Crippen LogP) is 13.3. The number of aliphatic hydroxyl groups excluding tert-OH is 4. The third-order valence-electron chi connectivity index (χ3n) is 24.9. The minimum absolute atomic E-state index is 0.00956. The van der Waals surface area contributed by atoms with E-state index in [4.69, 9.17) is 56.8 Å². The average Bonchev–Trinajstić information content (AvgIpc) is 1.61. The molecular weight excluding hydrogens is 1750 g/mol. The number of amides is 4. The largest absolute Gasteiger partial charge is 0.387 e. The van der Waals surface area contributed by atoms with Crippen LogP contribution >= 0.6 is 0 Å². The summed E-state index contributed by atoms with van der Waals surface area (Å²) in [6.07, 6.45) is 5.94. The van der Waals surface area contributed by atoms with Gasteiger partial charge in [0.15, 0.2) is 36.5 Å². The first-order valence-corrected chi connectivity index (χ1v) is 46.6. The molecule has 136 heavy (non-hydrogen) atoms. The molecule has 19 atom stereocenters. The first-order valence-electron chi connectivity index (χ1n) is 46.6. The first-order chi connectivity index (χ1) is 63.6. The van der Waals surface area contributed by atoms with Crippen LogP contribution in [0.25, 0.3) is 44.1 Å². The quantitative estimate of drug-likeness (QED) is 0.0174. The number of ether oxygens (including phenoxy) is 12. The van der Waals surface area contributed by atoms with Crippen LogP contribution in [0, 0.1) is 70.0 Å². The number of Topliss-reactive ketones (excluding diaryl/α,β-unsaturated/α-hetero) is 2. The van der Waals surface area contributed by atoms with Crippen molar-refractivity contribution in [1.29, 1.82) is 0 Å². The van der Waals surface area contributed by atoms with Crippen LogP contribution in [0.3, 0.4) is 0 Å². The number of aryl methyl sites for hydroxylation is 2. The van der Waals surface area contributed by atoms with Gasteiger partial charge >= 0.3 is 0 Å². The summed E-state index contributed by atoms with van der Waals surface area (Å²) in [6.45, 7) is 49.1. The Balaban J connectivity index is 0.000000203. The van der Waals surface area contributed by atoms with Crippen molar-refractivity contribution in [2.75, 3.05) is 105 Å². The number of rotatable bonds is 34. The maximum absolute atomic E-state index is 13.4. The third kappa shape index (κ3) is 26.2. The van der Waals surface area contributed by atoms with E-state index in [0.29, 0.717) is 68.5 Å². The van der Waals surface area contributed by atoms with Gasteiger partial charge in [-0.3, -0.25) is 28.8 Å². The van der Waals surface area contributed by atoms with Crippen LogP contribution in [0.5, 0.6) is 0 Å². The molecule has 7 unspecified atom stereocenters. The fourth-order valence-electron chi connectivity index (χ4n) is 19.3. The zero-order valence-corrected chi connectivity index (χ0v) is 85.7. The molecule has 0 saturated carbocycles. The topological polar surface area (TPSA) is 465 Å². The smallest absolute Gasteiger partial charge is 0.231 e. The number of hydrogen-bond acceptors (Lipinski definition) is 30. The van der Waals surface area contributed by atoms with E-state index in [0.717, 1.165) is 54.0 Å². The van der Waals surface area contributed by atoms with E-state index >= 15 is 0 Å². The molecule has 4 fully saturated rings. The maximum Gasteiger partial charge on any atom is 0.231 e. The molecule has 4 aliphatic rings. The number of hydrogen-bond donors (Lipinski definition) is 8. The molecule has 0 spiro atoms. The van der Waals surface area contributed by atoms with Crippen LogP contribution in [0.15, 0.2) is 50.1 Å². The molecule has 0 bridgehead atoms. The number of anilines is 4. The summed E-state index contributed by atoms with van der Waals surface area (Å²) in [5.41, 5.74) is 3.18. The van der Waals surface area contributed by atoms with Crippen molar-refractivity contribution in [3.8, 4) is 0 Å².